The van der Waals surface area contributed by atoms with E-state index in [1.165, 1.54) is 28.3 Å². The number of rotatable bonds is 1. The molecular formula is C32H31N3O2. The Morgan fingerprint density at radius 1 is 0.865 bits per heavy atom. The number of nitrogens with zero attached hydrogens (tertiary/aromatic N) is 3. The molecule has 186 valence electrons. The van der Waals surface area contributed by atoms with E-state index in [-0.39, 0.29) is 51.2 Å². The van der Waals surface area contributed by atoms with Gasteiger partial charge >= 0.3 is 11.4 Å². The highest BCUT2D eigenvalue weighted by molar-refractivity contribution is 5.93. The fourth-order valence-corrected chi connectivity index (χ4v) is 9.90. The van der Waals surface area contributed by atoms with Crippen LogP contribution in [0.25, 0.3) is 16.8 Å². The van der Waals surface area contributed by atoms with Gasteiger partial charge in [0.2, 0.25) is 0 Å². The zero-order chi connectivity index (χ0) is 25.1. The molecule has 2 aromatic carbocycles. The molecule has 3 aromatic rings. The summed E-state index contributed by atoms with van der Waals surface area (Å²) in [5.41, 5.74) is 1.61. The van der Waals surface area contributed by atoms with Crippen LogP contribution in [-0.2, 0) is 5.41 Å². The minimum absolute atomic E-state index is 0.0439. The summed E-state index contributed by atoms with van der Waals surface area (Å²) >= 11 is 0. The Kier molecular flexibility index (Phi) is 3.28. The second-order valence-electron chi connectivity index (χ2n) is 13.2. The van der Waals surface area contributed by atoms with Crippen LogP contribution in [0.2, 0.25) is 0 Å². The summed E-state index contributed by atoms with van der Waals surface area (Å²) in [5, 5.41) is 2.45. The summed E-state index contributed by atoms with van der Waals surface area (Å²) < 4.78 is 5.32. The van der Waals surface area contributed by atoms with Gasteiger partial charge in [-0.1, -0.05) is 93.6 Å². The molecule has 0 spiro atoms. The predicted molar refractivity (Wildman–Crippen MR) is 145 cm³/mol. The number of allylic oxidation sites excluding steroid dienone is 5. The van der Waals surface area contributed by atoms with Crippen molar-refractivity contribution in [2.24, 2.45) is 22.2 Å². The number of fused-ring (bicyclic) bond motifs is 5. The molecule has 3 heterocycles. The van der Waals surface area contributed by atoms with Gasteiger partial charge in [-0.25, -0.2) is 23.5 Å². The lowest BCUT2D eigenvalue weighted by Gasteiger charge is -2.65. The van der Waals surface area contributed by atoms with Crippen LogP contribution in [0, 0.1) is 22.2 Å². The lowest BCUT2D eigenvalue weighted by atomic mass is 9.42. The van der Waals surface area contributed by atoms with Crippen molar-refractivity contribution in [3.8, 4) is 0 Å². The average Bonchev–Trinajstić information content (AvgIpc) is 3.36. The van der Waals surface area contributed by atoms with Crippen molar-refractivity contribution in [2.45, 2.75) is 63.6 Å². The predicted octanol–water partition coefficient (Wildman–Crippen LogP) is 5.54. The Labute approximate surface area is 215 Å². The molecule has 2 saturated carbocycles. The number of hydrogen-bond acceptors (Lipinski definition) is 2. The fourth-order valence-electron chi connectivity index (χ4n) is 9.90. The normalized spacial score (nSPS) is 40.4. The molecule has 0 amide bonds. The molecule has 5 heteroatoms. The van der Waals surface area contributed by atoms with Gasteiger partial charge in [-0.2, -0.15) is 0 Å². The average molecular weight is 490 g/mol. The SMILES string of the molecule is CC1(C)C2CCC1(C)C(n1c(=O)n3n(c1=O)C1C=CC3C34C=Cc5ccc6ccccc6c5C13C=C4)C2. The molecule has 0 N–H and O–H groups in total. The maximum absolute atomic E-state index is 14.4. The Morgan fingerprint density at radius 2 is 1.62 bits per heavy atom. The zero-order valence-corrected chi connectivity index (χ0v) is 21.5. The molecule has 7 aliphatic rings. The molecule has 2 aliphatic heterocycles. The van der Waals surface area contributed by atoms with E-state index in [0.29, 0.717) is 5.92 Å². The second kappa shape index (κ2) is 5.87. The van der Waals surface area contributed by atoms with E-state index in [1.54, 1.807) is 4.57 Å². The second-order valence-corrected chi connectivity index (χ2v) is 13.2. The van der Waals surface area contributed by atoms with Gasteiger partial charge in [0.1, 0.15) is 0 Å². The minimum atomic E-state index is -0.377. The third-order valence-electron chi connectivity index (χ3n) is 12.3. The maximum atomic E-state index is 14.4. The summed E-state index contributed by atoms with van der Waals surface area (Å²) in [7, 11) is 0. The number of aromatic nitrogens is 3. The van der Waals surface area contributed by atoms with Gasteiger partial charge in [-0.3, -0.25) is 0 Å². The third kappa shape index (κ3) is 1.85. The van der Waals surface area contributed by atoms with Crippen LogP contribution in [-0.4, -0.2) is 13.9 Å². The van der Waals surface area contributed by atoms with Crippen molar-refractivity contribution in [2.75, 3.05) is 0 Å². The van der Waals surface area contributed by atoms with Gasteiger partial charge in [0.15, 0.2) is 0 Å². The highest BCUT2D eigenvalue weighted by atomic mass is 16.2. The molecule has 10 rings (SSSR count). The Hall–Kier alpha value is -3.34. The van der Waals surface area contributed by atoms with Crippen LogP contribution in [0.15, 0.2) is 76.4 Å². The van der Waals surface area contributed by atoms with Crippen molar-refractivity contribution < 1.29 is 0 Å². The highest BCUT2D eigenvalue weighted by Crippen LogP contribution is 2.72. The topological polar surface area (TPSA) is 48.9 Å². The molecule has 0 saturated heterocycles. The largest absolute Gasteiger partial charge is 0.348 e. The zero-order valence-electron chi connectivity index (χ0n) is 21.5. The molecule has 1 aromatic heterocycles. The van der Waals surface area contributed by atoms with E-state index >= 15 is 0 Å². The van der Waals surface area contributed by atoms with Gasteiger partial charge in [0.05, 0.1) is 17.5 Å². The van der Waals surface area contributed by atoms with E-state index < -0.39 is 0 Å². The highest BCUT2D eigenvalue weighted by Gasteiger charge is 2.70. The molecule has 4 bridgehead atoms. The lowest BCUT2D eigenvalue weighted by molar-refractivity contribution is 0.0448. The van der Waals surface area contributed by atoms with Crippen LogP contribution in [0.3, 0.4) is 0 Å². The third-order valence-corrected chi connectivity index (χ3v) is 12.3. The molecule has 37 heavy (non-hydrogen) atoms. The minimum Gasteiger partial charge on any atom is -0.246 e. The maximum Gasteiger partial charge on any atom is 0.348 e. The first kappa shape index (κ1) is 20.7. The van der Waals surface area contributed by atoms with E-state index in [9.17, 15) is 9.59 Å². The summed E-state index contributed by atoms with van der Waals surface area (Å²) in [6, 6.07) is 12.5. The van der Waals surface area contributed by atoms with Crippen molar-refractivity contribution in [3.05, 3.63) is 98.9 Å². The summed E-state index contributed by atoms with van der Waals surface area (Å²) in [5.74, 6) is 0.560. The van der Waals surface area contributed by atoms with Crippen LogP contribution in [0.1, 0.15) is 69.3 Å². The van der Waals surface area contributed by atoms with Crippen LogP contribution in [0.4, 0.5) is 0 Å². The molecule has 7 atom stereocenters. The molecule has 2 fully saturated rings. The standard InChI is InChI=1S/C32H31N3O2/c1-29(2)21-13-14-30(29,3)25(18-21)33-27(36)34-23-10-11-24(35(34)28(33)37)32-17-16-31(23,32)15-12-20-9-8-19-6-4-5-7-22(19)26(20)32/h4-12,15-17,21,23-25H,13-14,18H2,1-3H3. The van der Waals surface area contributed by atoms with Crippen molar-refractivity contribution in [1.29, 1.82) is 0 Å². The number of hydrogen-bond donors (Lipinski definition) is 0. The van der Waals surface area contributed by atoms with Gasteiger partial charge in [0, 0.05) is 11.5 Å². The van der Waals surface area contributed by atoms with Crippen LogP contribution >= 0.6 is 0 Å². The van der Waals surface area contributed by atoms with Gasteiger partial charge < -0.3 is 0 Å². The molecule has 7 unspecified atom stereocenters. The van der Waals surface area contributed by atoms with E-state index in [0.717, 1.165) is 12.8 Å². The summed E-state index contributed by atoms with van der Waals surface area (Å²) in [6.07, 6.45) is 16.7. The summed E-state index contributed by atoms with van der Waals surface area (Å²) in [4.78, 5) is 28.7. The van der Waals surface area contributed by atoms with E-state index in [2.05, 4.69) is 93.6 Å². The van der Waals surface area contributed by atoms with Gasteiger partial charge in [-0.05, 0) is 57.9 Å². The van der Waals surface area contributed by atoms with Gasteiger partial charge in [-0.15, -0.1) is 0 Å². The van der Waals surface area contributed by atoms with E-state index in [1.807, 2.05) is 9.36 Å². The summed E-state index contributed by atoms with van der Waals surface area (Å²) in [6.45, 7) is 7.01. The van der Waals surface area contributed by atoms with Crippen molar-refractivity contribution >= 4 is 16.8 Å². The molecule has 0 radical (unpaired) electrons. The monoisotopic (exact) mass is 489 g/mol. The van der Waals surface area contributed by atoms with Crippen LogP contribution in [0.5, 0.6) is 0 Å². The van der Waals surface area contributed by atoms with Crippen molar-refractivity contribution in [1.82, 2.24) is 13.9 Å². The first-order valence-corrected chi connectivity index (χ1v) is 13.8. The first-order chi connectivity index (χ1) is 17.8. The van der Waals surface area contributed by atoms with E-state index in [4.69, 9.17) is 0 Å². The molecule has 5 aliphatic carbocycles. The first-order valence-electron chi connectivity index (χ1n) is 13.8. The smallest absolute Gasteiger partial charge is 0.246 e. The van der Waals surface area contributed by atoms with Gasteiger partial charge in [0.25, 0.3) is 0 Å². The fraction of sp³-hybridized carbons (Fsp3) is 0.438. The lowest BCUT2D eigenvalue weighted by Crippen LogP contribution is -2.66. The Bertz CT molecular complexity index is 1800. The Balaban J connectivity index is 1.33. The Morgan fingerprint density at radius 3 is 2.32 bits per heavy atom. The molecular weight excluding hydrogens is 458 g/mol. The quantitative estimate of drug-likeness (QED) is 0.422. The van der Waals surface area contributed by atoms with Crippen LogP contribution < -0.4 is 11.4 Å². The van der Waals surface area contributed by atoms with Crippen molar-refractivity contribution in [3.63, 3.8) is 0 Å². The molecule has 5 nitrogen and oxygen atoms in total. The number of benzene rings is 2.